The molecule has 0 fully saturated rings. The van der Waals surface area contributed by atoms with Crippen LogP contribution in [0.1, 0.15) is 32.8 Å². The van der Waals surface area contributed by atoms with Crippen LogP contribution in [0.4, 0.5) is 0 Å². The minimum absolute atomic E-state index is 0.255. The molecule has 5 nitrogen and oxygen atoms in total. The average Bonchev–Trinajstić information content (AvgIpc) is 2.37. The Morgan fingerprint density at radius 2 is 1.85 bits per heavy atom. The zero-order valence-electron chi connectivity index (χ0n) is 12.1. The Bertz CT molecular complexity index is 465. The average molecular weight is 279 g/mol. The Balaban J connectivity index is 2.47. The van der Waals surface area contributed by atoms with E-state index in [0.29, 0.717) is 13.0 Å². The van der Waals surface area contributed by atoms with Crippen molar-refractivity contribution in [1.29, 1.82) is 0 Å². The number of aryl methyl sites for hydroxylation is 1. The van der Waals surface area contributed by atoms with Crippen LogP contribution in [-0.4, -0.2) is 29.1 Å². The van der Waals surface area contributed by atoms with Crippen molar-refractivity contribution in [2.24, 2.45) is 0 Å². The lowest BCUT2D eigenvalue weighted by molar-refractivity contribution is -0.146. The number of hydrogen-bond acceptors (Lipinski definition) is 3. The van der Waals surface area contributed by atoms with Crippen LogP contribution in [0.5, 0.6) is 5.75 Å². The van der Waals surface area contributed by atoms with Crippen LogP contribution in [-0.2, 0) is 16.0 Å². The van der Waals surface area contributed by atoms with Crippen molar-refractivity contribution >= 4 is 11.9 Å². The molecule has 0 aliphatic carbocycles. The standard InChI is InChI=1S/C15H21NO4/c1-4-20-12-8-5-11(6-9-12)7-10-13(17)16-15(2,3)14(18)19/h5-6,8-9H,4,7,10H2,1-3H3,(H,16,17)(H,18,19). The van der Waals surface area contributed by atoms with Gasteiger partial charge in [-0.3, -0.25) is 4.79 Å². The zero-order valence-corrected chi connectivity index (χ0v) is 12.1. The second kappa shape index (κ2) is 6.93. The Morgan fingerprint density at radius 3 is 2.35 bits per heavy atom. The molecule has 0 unspecified atom stereocenters. The summed E-state index contributed by atoms with van der Waals surface area (Å²) in [5, 5.41) is 11.4. The quantitative estimate of drug-likeness (QED) is 0.800. The summed E-state index contributed by atoms with van der Waals surface area (Å²) in [7, 11) is 0. The van der Waals surface area contributed by atoms with Crippen LogP contribution >= 0.6 is 0 Å². The summed E-state index contributed by atoms with van der Waals surface area (Å²) in [6.45, 7) is 5.46. The van der Waals surface area contributed by atoms with Gasteiger partial charge in [-0.25, -0.2) is 4.79 Å². The van der Waals surface area contributed by atoms with Crippen molar-refractivity contribution in [2.75, 3.05) is 6.61 Å². The number of hydrogen-bond donors (Lipinski definition) is 2. The maximum absolute atomic E-state index is 11.7. The number of carbonyl (C=O) groups excluding carboxylic acids is 1. The first-order valence-electron chi connectivity index (χ1n) is 6.61. The third-order valence-corrected chi connectivity index (χ3v) is 2.86. The Labute approximate surface area is 118 Å². The summed E-state index contributed by atoms with van der Waals surface area (Å²) in [5.41, 5.74) is -0.229. The van der Waals surface area contributed by atoms with Crippen molar-refractivity contribution in [2.45, 2.75) is 39.2 Å². The van der Waals surface area contributed by atoms with Crippen LogP contribution in [0.15, 0.2) is 24.3 Å². The maximum Gasteiger partial charge on any atom is 0.328 e. The Hall–Kier alpha value is -2.04. The number of nitrogens with one attached hydrogen (secondary N) is 1. The highest BCUT2D eigenvalue weighted by atomic mass is 16.5. The van der Waals surface area contributed by atoms with Crippen molar-refractivity contribution in [3.63, 3.8) is 0 Å². The molecule has 2 N–H and O–H groups in total. The number of ether oxygens (including phenoxy) is 1. The van der Waals surface area contributed by atoms with Crippen LogP contribution < -0.4 is 10.1 Å². The van der Waals surface area contributed by atoms with Crippen molar-refractivity contribution < 1.29 is 19.4 Å². The lowest BCUT2D eigenvalue weighted by Crippen LogP contribution is -2.49. The molecule has 0 heterocycles. The second-order valence-corrected chi connectivity index (χ2v) is 5.06. The first-order chi connectivity index (χ1) is 9.35. The van der Waals surface area contributed by atoms with E-state index in [9.17, 15) is 9.59 Å². The summed E-state index contributed by atoms with van der Waals surface area (Å²) in [6, 6.07) is 7.52. The van der Waals surface area contributed by atoms with Crippen LogP contribution in [0.2, 0.25) is 0 Å². The highest BCUT2D eigenvalue weighted by molar-refractivity contribution is 5.86. The largest absolute Gasteiger partial charge is 0.494 e. The fourth-order valence-corrected chi connectivity index (χ4v) is 1.64. The molecule has 0 aliphatic heterocycles. The molecule has 0 aromatic heterocycles. The fraction of sp³-hybridized carbons (Fsp3) is 0.467. The van der Waals surface area contributed by atoms with Crippen LogP contribution in [0.3, 0.4) is 0 Å². The molecule has 0 saturated heterocycles. The Morgan fingerprint density at radius 1 is 1.25 bits per heavy atom. The number of carboxylic acid groups (broad SMARTS) is 1. The highest BCUT2D eigenvalue weighted by Gasteiger charge is 2.28. The molecule has 1 aromatic rings. The molecule has 0 radical (unpaired) electrons. The number of amides is 1. The van der Waals surface area contributed by atoms with E-state index in [2.05, 4.69) is 5.32 Å². The van der Waals surface area contributed by atoms with E-state index in [-0.39, 0.29) is 12.3 Å². The molecule has 0 aliphatic rings. The van der Waals surface area contributed by atoms with Gasteiger partial charge in [0.1, 0.15) is 11.3 Å². The number of carbonyl (C=O) groups is 2. The first-order valence-corrected chi connectivity index (χ1v) is 6.61. The van der Waals surface area contributed by atoms with E-state index >= 15 is 0 Å². The van der Waals surface area contributed by atoms with Crippen LogP contribution in [0.25, 0.3) is 0 Å². The van der Waals surface area contributed by atoms with Gasteiger partial charge in [0.25, 0.3) is 0 Å². The second-order valence-electron chi connectivity index (χ2n) is 5.06. The molecule has 1 amide bonds. The van der Waals surface area contributed by atoms with E-state index in [1.807, 2.05) is 31.2 Å². The van der Waals surface area contributed by atoms with E-state index in [1.54, 1.807) is 0 Å². The number of benzene rings is 1. The normalized spacial score (nSPS) is 10.9. The molecular formula is C15H21NO4. The minimum Gasteiger partial charge on any atom is -0.494 e. The molecule has 0 bridgehead atoms. The lowest BCUT2D eigenvalue weighted by Gasteiger charge is -2.20. The molecule has 110 valence electrons. The van der Waals surface area contributed by atoms with Gasteiger partial charge in [-0.2, -0.15) is 0 Å². The van der Waals surface area contributed by atoms with Crippen molar-refractivity contribution in [3.05, 3.63) is 29.8 Å². The predicted octanol–water partition coefficient (Wildman–Crippen LogP) is 2.00. The fourth-order valence-electron chi connectivity index (χ4n) is 1.64. The third kappa shape index (κ3) is 4.91. The summed E-state index contributed by atoms with van der Waals surface area (Å²) in [5.74, 6) is -0.522. The molecule has 20 heavy (non-hydrogen) atoms. The van der Waals surface area contributed by atoms with Crippen LogP contribution in [0, 0.1) is 0 Å². The smallest absolute Gasteiger partial charge is 0.328 e. The van der Waals surface area contributed by atoms with Gasteiger partial charge in [-0.1, -0.05) is 12.1 Å². The zero-order chi connectivity index (χ0) is 15.2. The van der Waals surface area contributed by atoms with Gasteiger partial charge in [-0.15, -0.1) is 0 Å². The third-order valence-electron chi connectivity index (χ3n) is 2.86. The Kier molecular flexibility index (Phi) is 5.55. The highest BCUT2D eigenvalue weighted by Crippen LogP contribution is 2.13. The van der Waals surface area contributed by atoms with Crippen molar-refractivity contribution in [1.82, 2.24) is 5.32 Å². The molecule has 0 spiro atoms. The van der Waals surface area contributed by atoms with Gasteiger partial charge in [0, 0.05) is 6.42 Å². The van der Waals surface area contributed by atoms with Gasteiger partial charge < -0.3 is 15.2 Å². The number of rotatable bonds is 7. The van der Waals surface area contributed by atoms with E-state index in [0.717, 1.165) is 11.3 Å². The lowest BCUT2D eigenvalue weighted by atomic mass is 10.0. The summed E-state index contributed by atoms with van der Waals surface area (Å²) in [4.78, 5) is 22.6. The molecule has 1 aromatic carbocycles. The molecule has 5 heteroatoms. The van der Waals surface area contributed by atoms with Gasteiger partial charge in [-0.05, 0) is 44.9 Å². The van der Waals surface area contributed by atoms with E-state index < -0.39 is 11.5 Å². The predicted molar refractivity (Wildman–Crippen MR) is 75.8 cm³/mol. The molecule has 0 atom stereocenters. The minimum atomic E-state index is -1.24. The van der Waals surface area contributed by atoms with Gasteiger partial charge in [0.15, 0.2) is 0 Å². The maximum atomic E-state index is 11.7. The monoisotopic (exact) mass is 279 g/mol. The molecular weight excluding hydrogens is 258 g/mol. The molecule has 0 saturated carbocycles. The SMILES string of the molecule is CCOc1ccc(CCC(=O)NC(C)(C)C(=O)O)cc1. The van der Waals surface area contributed by atoms with Gasteiger partial charge in [0.05, 0.1) is 6.61 Å². The first kappa shape index (κ1) is 16.0. The van der Waals surface area contributed by atoms with Gasteiger partial charge in [0.2, 0.25) is 5.91 Å². The van der Waals surface area contributed by atoms with E-state index in [4.69, 9.17) is 9.84 Å². The summed E-state index contributed by atoms with van der Waals surface area (Å²) < 4.78 is 5.33. The molecule has 1 rings (SSSR count). The van der Waals surface area contributed by atoms with Crippen molar-refractivity contribution in [3.8, 4) is 5.75 Å². The number of carboxylic acids is 1. The van der Waals surface area contributed by atoms with E-state index in [1.165, 1.54) is 13.8 Å². The topological polar surface area (TPSA) is 75.6 Å². The summed E-state index contributed by atoms with van der Waals surface area (Å²) >= 11 is 0. The van der Waals surface area contributed by atoms with Gasteiger partial charge >= 0.3 is 5.97 Å². The summed E-state index contributed by atoms with van der Waals surface area (Å²) in [6.07, 6.45) is 0.818. The number of aliphatic carboxylic acids is 1.